The first-order chi connectivity index (χ1) is 6.04. The fourth-order valence-corrected chi connectivity index (χ4v) is 2.44. The van der Waals surface area contributed by atoms with Crippen LogP contribution in [-0.2, 0) is 3.02 Å². The molecule has 0 amide bonds. The molecule has 0 fully saturated rings. The van der Waals surface area contributed by atoms with E-state index >= 15 is 0 Å². The Balaban J connectivity index is 2.88. The van der Waals surface area contributed by atoms with Crippen LogP contribution >= 0.6 is 0 Å². The topological polar surface area (TPSA) is 66.8 Å². The van der Waals surface area contributed by atoms with Crippen molar-refractivity contribution < 1.29 is 14.5 Å². The van der Waals surface area contributed by atoms with Crippen LogP contribution in [-0.4, -0.2) is 33.0 Å². The van der Waals surface area contributed by atoms with Crippen molar-refractivity contribution in [2.24, 2.45) is 0 Å². The Labute approximate surface area is 81.3 Å². The first-order valence-corrected chi connectivity index (χ1v) is 8.43. The summed E-state index contributed by atoms with van der Waals surface area (Å²) in [6, 6.07) is 5.94. The Kier molecular flexibility index (Phi) is 3.42. The molecule has 1 aromatic carbocycles. The normalized spacial score (nSPS) is 11.3. The Hall–Kier alpha value is -0.442. The van der Waals surface area contributed by atoms with E-state index < -0.39 is 19.6 Å². The maximum atomic E-state index is 10.8. The standard InChI is InChI=1S/C8H9O.2H2O.O.Sb/c1-2-9-8-6-4-3-5-7-8;;;;/h4-7H,2H2,1H3;2*1H2;;/q;;;;+2/p-2. The van der Waals surface area contributed by atoms with E-state index in [-0.39, 0.29) is 3.51 Å². The number of hydrogen-bond acceptors (Lipinski definition) is 2. The molecule has 4 nitrogen and oxygen atoms in total. The van der Waals surface area contributed by atoms with Crippen LogP contribution < -0.4 is 8.25 Å². The van der Waals surface area contributed by atoms with E-state index in [2.05, 4.69) is 0 Å². The van der Waals surface area contributed by atoms with Crippen molar-refractivity contribution in [3.8, 4) is 5.75 Å². The first-order valence-electron chi connectivity index (χ1n) is 3.83. The van der Waals surface area contributed by atoms with Gasteiger partial charge in [-0.1, -0.05) is 0 Å². The van der Waals surface area contributed by atoms with Gasteiger partial charge in [0.25, 0.3) is 0 Å². The van der Waals surface area contributed by atoms with E-state index in [0.29, 0.717) is 12.4 Å². The van der Waals surface area contributed by atoms with E-state index in [0.717, 1.165) is 0 Å². The van der Waals surface area contributed by atoms with E-state index in [1.165, 1.54) is 12.1 Å². The predicted molar refractivity (Wildman–Crippen MR) is 48.1 cm³/mol. The van der Waals surface area contributed by atoms with Crippen LogP contribution in [0.5, 0.6) is 5.75 Å². The van der Waals surface area contributed by atoms with Crippen molar-refractivity contribution in [3.05, 3.63) is 24.3 Å². The molecule has 0 aliphatic carbocycles. The second kappa shape index (κ2) is 4.18. The van der Waals surface area contributed by atoms with Crippen LogP contribution in [0.15, 0.2) is 24.3 Å². The van der Waals surface area contributed by atoms with Gasteiger partial charge in [0.05, 0.1) is 0 Å². The van der Waals surface area contributed by atoms with Gasteiger partial charge in [-0.25, -0.2) is 0 Å². The molecule has 72 valence electrons. The van der Waals surface area contributed by atoms with Crippen LogP contribution in [0.3, 0.4) is 0 Å². The minimum atomic E-state index is -4.98. The van der Waals surface area contributed by atoms with Crippen LogP contribution in [0.1, 0.15) is 6.92 Å². The van der Waals surface area contributed by atoms with Crippen molar-refractivity contribution in [1.29, 1.82) is 0 Å². The average molecular weight is 293 g/mol. The second-order valence-corrected chi connectivity index (χ2v) is 7.05. The Morgan fingerprint density at radius 1 is 1.31 bits per heavy atom. The summed E-state index contributed by atoms with van der Waals surface area (Å²) < 4.78 is 33.8. The summed E-state index contributed by atoms with van der Waals surface area (Å²) in [7, 11) is 0. The fraction of sp³-hybridized carbons (Fsp3) is 0.250. The summed E-state index contributed by atoms with van der Waals surface area (Å²) in [5, 5.41) is 0. The van der Waals surface area contributed by atoms with Gasteiger partial charge in [-0.05, 0) is 0 Å². The van der Waals surface area contributed by atoms with Gasteiger partial charge in [-0.3, -0.25) is 0 Å². The molecule has 0 saturated carbocycles. The van der Waals surface area contributed by atoms with Gasteiger partial charge >= 0.3 is 81.2 Å². The SMILES string of the molecule is CCOc1cc[c]([Sb](=[O])([OH])[OH])cc1. The molecule has 0 spiro atoms. The molecule has 2 N–H and O–H groups in total. The molecule has 13 heavy (non-hydrogen) atoms. The van der Waals surface area contributed by atoms with Crippen molar-refractivity contribution in [2.75, 3.05) is 6.61 Å². The summed E-state index contributed by atoms with van der Waals surface area (Å²) in [4.78, 5) is 0. The molecule has 1 aromatic rings. The van der Waals surface area contributed by atoms with E-state index in [1.54, 1.807) is 12.1 Å². The number of rotatable bonds is 3. The molecule has 0 aromatic heterocycles. The second-order valence-electron chi connectivity index (χ2n) is 2.47. The summed E-state index contributed by atoms with van der Waals surface area (Å²) >= 11 is -4.98. The van der Waals surface area contributed by atoms with Gasteiger partial charge in [0.1, 0.15) is 0 Å². The molecule has 0 unspecified atom stereocenters. The predicted octanol–water partition coefficient (Wildman–Crippen LogP) is -0.354. The summed E-state index contributed by atoms with van der Waals surface area (Å²) in [5.41, 5.74) is 0. The molecule has 5 heteroatoms. The summed E-state index contributed by atoms with van der Waals surface area (Å²) in [5.74, 6) is 0.625. The Morgan fingerprint density at radius 2 is 1.85 bits per heavy atom. The van der Waals surface area contributed by atoms with E-state index in [4.69, 9.17) is 11.5 Å². The van der Waals surface area contributed by atoms with Crippen LogP contribution in [0.2, 0.25) is 0 Å². The molecule has 0 saturated heterocycles. The first kappa shape index (κ1) is 10.6. The monoisotopic (exact) mass is 292 g/mol. The van der Waals surface area contributed by atoms with Crippen molar-refractivity contribution in [3.63, 3.8) is 0 Å². The Bertz CT molecular complexity index is 313. The van der Waals surface area contributed by atoms with Crippen LogP contribution in [0.25, 0.3) is 0 Å². The van der Waals surface area contributed by atoms with Gasteiger partial charge in [-0.15, -0.1) is 0 Å². The number of hydrogen-bond donors (Lipinski definition) is 2. The third kappa shape index (κ3) is 3.07. The molecule has 1 rings (SSSR count). The quantitative estimate of drug-likeness (QED) is 0.747. The molecule has 0 aliphatic rings. The molecular formula is C8H11O4Sb. The minimum absolute atomic E-state index is 0.0990. The van der Waals surface area contributed by atoms with Gasteiger partial charge in [0.2, 0.25) is 0 Å². The zero-order valence-corrected chi connectivity index (χ0v) is 9.73. The zero-order valence-electron chi connectivity index (χ0n) is 7.17. The van der Waals surface area contributed by atoms with Crippen LogP contribution in [0.4, 0.5) is 0 Å². The van der Waals surface area contributed by atoms with Crippen molar-refractivity contribution >= 4 is 23.1 Å². The molecule has 0 bridgehead atoms. The van der Waals surface area contributed by atoms with Gasteiger partial charge in [0.15, 0.2) is 0 Å². The molecule has 0 radical (unpaired) electrons. The zero-order chi connectivity index (χ0) is 9.90. The van der Waals surface area contributed by atoms with Gasteiger partial charge in [0, 0.05) is 0 Å². The van der Waals surface area contributed by atoms with Crippen molar-refractivity contribution in [2.45, 2.75) is 6.92 Å². The van der Waals surface area contributed by atoms with Crippen LogP contribution in [0, 0.1) is 0 Å². The number of ether oxygens (including phenoxy) is 1. The molecule has 0 aliphatic heterocycles. The summed E-state index contributed by atoms with van der Waals surface area (Å²) in [6.45, 7) is 2.39. The third-order valence-corrected chi connectivity index (χ3v) is 4.25. The molecular weight excluding hydrogens is 282 g/mol. The van der Waals surface area contributed by atoms with Gasteiger partial charge in [-0.2, -0.15) is 0 Å². The van der Waals surface area contributed by atoms with E-state index in [1.807, 2.05) is 6.92 Å². The Morgan fingerprint density at radius 3 is 2.23 bits per heavy atom. The van der Waals surface area contributed by atoms with E-state index in [9.17, 15) is 3.02 Å². The molecule has 0 atom stereocenters. The van der Waals surface area contributed by atoms with Gasteiger partial charge < -0.3 is 0 Å². The van der Waals surface area contributed by atoms with Crippen molar-refractivity contribution in [1.82, 2.24) is 0 Å². The summed E-state index contributed by atoms with van der Waals surface area (Å²) in [6.07, 6.45) is 0. The maximum absolute atomic E-state index is 10.8. The third-order valence-electron chi connectivity index (χ3n) is 1.48. The molecule has 0 heterocycles. The average Bonchev–Trinajstić information content (AvgIpc) is 2.04. The number of benzene rings is 1. The fourth-order valence-electron chi connectivity index (χ4n) is 0.903.